The number of hydrogen-bond acceptors (Lipinski definition) is 3. The van der Waals surface area contributed by atoms with Crippen molar-refractivity contribution in [2.24, 2.45) is 0 Å². The number of benzene rings is 1. The van der Waals surface area contributed by atoms with Crippen LogP contribution in [0.1, 0.15) is 24.1 Å². The Morgan fingerprint density at radius 1 is 1.38 bits per heavy atom. The lowest BCUT2D eigenvalue weighted by molar-refractivity contribution is -0.143. The molecule has 3 nitrogen and oxygen atoms in total. The molecular weight excluding hydrogens is 226 g/mol. The van der Waals surface area contributed by atoms with Gasteiger partial charge in [0.15, 0.2) is 0 Å². The van der Waals surface area contributed by atoms with E-state index >= 15 is 0 Å². The third-order valence-corrected chi connectivity index (χ3v) is 2.45. The highest BCUT2D eigenvalue weighted by molar-refractivity contribution is 5.85. The molecule has 0 bridgehead atoms. The van der Waals surface area contributed by atoms with Crippen LogP contribution in [0, 0.1) is 0 Å². The van der Waals surface area contributed by atoms with Crippen molar-refractivity contribution in [1.82, 2.24) is 5.32 Å². The molecule has 1 unspecified atom stereocenters. The van der Waals surface area contributed by atoms with Crippen LogP contribution < -0.4 is 5.32 Å². The van der Waals surface area contributed by atoms with E-state index in [0.717, 1.165) is 12.0 Å². The molecule has 0 saturated carbocycles. The Morgan fingerprint density at radius 3 is 2.31 bits per heavy atom. The van der Waals surface area contributed by atoms with Crippen molar-refractivity contribution < 1.29 is 9.53 Å². The number of ether oxygens (including phenoxy) is 1. The number of carbonyl (C=O) groups is 1. The minimum atomic E-state index is -0.374. The van der Waals surface area contributed by atoms with E-state index in [1.54, 1.807) is 7.05 Å². The van der Waals surface area contributed by atoms with Crippen LogP contribution in [0.15, 0.2) is 24.3 Å². The van der Waals surface area contributed by atoms with Gasteiger partial charge in [0, 0.05) is 0 Å². The SMILES string of the molecule is CCc1ccc(C(NC)C(=O)OC)cc1.Cl. The first kappa shape index (κ1) is 14.9. The summed E-state index contributed by atoms with van der Waals surface area (Å²) in [7, 11) is 3.14. The molecule has 0 aliphatic rings. The normalized spacial score (nSPS) is 11.4. The Labute approximate surface area is 103 Å². The number of carbonyl (C=O) groups excluding carboxylic acids is 1. The van der Waals surface area contributed by atoms with E-state index < -0.39 is 0 Å². The fourth-order valence-corrected chi connectivity index (χ4v) is 1.48. The van der Waals surface area contributed by atoms with Crippen LogP contribution in [0.3, 0.4) is 0 Å². The maximum atomic E-state index is 11.4. The summed E-state index contributed by atoms with van der Waals surface area (Å²) in [5, 5.41) is 2.93. The topological polar surface area (TPSA) is 38.3 Å². The second-order valence-corrected chi connectivity index (χ2v) is 3.34. The van der Waals surface area contributed by atoms with Gasteiger partial charge in [0.2, 0.25) is 0 Å². The van der Waals surface area contributed by atoms with Gasteiger partial charge in [-0.15, -0.1) is 12.4 Å². The summed E-state index contributed by atoms with van der Waals surface area (Å²) < 4.78 is 4.71. The van der Waals surface area contributed by atoms with Crippen LogP contribution >= 0.6 is 12.4 Å². The zero-order valence-corrected chi connectivity index (χ0v) is 10.6. The monoisotopic (exact) mass is 243 g/mol. The molecule has 0 saturated heterocycles. The molecule has 1 aromatic rings. The van der Waals surface area contributed by atoms with E-state index in [2.05, 4.69) is 12.2 Å². The molecule has 0 radical (unpaired) electrons. The van der Waals surface area contributed by atoms with E-state index in [4.69, 9.17) is 4.74 Å². The van der Waals surface area contributed by atoms with Gasteiger partial charge >= 0.3 is 5.97 Å². The Bertz CT molecular complexity index is 324. The lowest BCUT2D eigenvalue weighted by atomic mass is 10.0. The van der Waals surface area contributed by atoms with Crippen LogP contribution in [0.4, 0.5) is 0 Å². The van der Waals surface area contributed by atoms with Crippen molar-refractivity contribution in [3.05, 3.63) is 35.4 Å². The number of aryl methyl sites for hydroxylation is 1. The van der Waals surface area contributed by atoms with Gasteiger partial charge in [0.05, 0.1) is 7.11 Å². The largest absolute Gasteiger partial charge is 0.468 e. The fourth-order valence-electron chi connectivity index (χ4n) is 1.48. The second kappa shape index (κ2) is 7.25. The molecule has 1 aromatic carbocycles. The summed E-state index contributed by atoms with van der Waals surface area (Å²) in [5.74, 6) is -0.262. The number of nitrogens with one attached hydrogen (secondary N) is 1. The third kappa shape index (κ3) is 3.51. The first-order chi connectivity index (χ1) is 7.22. The summed E-state index contributed by atoms with van der Waals surface area (Å²) in [5.41, 5.74) is 2.19. The van der Waals surface area contributed by atoms with E-state index in [9.17, 15) is 4.79 Å². The minimum Gasteiger partial charge on any atom is -0.468 e. The minimum absolute atomic E-state index is 0. The molecule has 1 atom stereocenters. The van der Waals surface area contributed by atoms with E-state index in [-0.39, 0.29) is 24.4 Å². The molecule has 0 aliphatic heterocycles. The molecule has 0 aliphatic carbocycles. The van der Waals surface area contributed by atoms with Crippen LogP contribution in [0.25, 0.3) is 0 Å². The summed E-state index contributed by atoms with van der Waals surface area (Å²) in [6.45, 7) is 2.10. The zero-order chi connectivity index (χ0) is 11.3. The molecule has 1 N–H and O–H groups in total. The maximum absolute atomic E-state index is 11.4. The van der Waals surface area contributed by atoms with Gasteiger partial charge in [-0.25, -0.2) is 4.79 Å². The Morgan fingerprint density at radius 2 is 1.94 bits per heavy atom. The fraction of sp³-hybridized carbons (Fsp3) is 0.417. The molecular formula is C12H18ClNO2. The second-order valence-electron chi connectivity index (χ2n) is 3.34. The third-order valence-electron chi connectivity index (χ3n) is 2.45. The number of rotatable bonds is 4. The smallest absolute Gasteiger partial charge is 0.327 e. The highest BCUT2D eigenvalue weighted by Crippen LogP contribution is 2.15. The van der Waals surface area contributed by atoms with Gasteiger partial charge in [-0.3, -0.25) is 0 Å². The predicted octanol–water partition coefficient (Wildman–Crippen LogP) is 2.10. The summed E-state index contributed by atoms with van der Waals surface area (Å²) in [6, 6.07) is 7.60. The van der Waals surface area contributed by atoms with Gasteiger partial charge in [-0.2, -0.15) is 0 Å². The van der Waals surface area contributed by atoms with Crippen molar-refractivity contribution in [1.29, 1.82) is 0 Å². The Hall–Kier alpha value is -1.06. The first-order valence-electron chi connectivity index (χ1n) is 5.06. The van der Waals surface area contributed by atoms with Crippen molar-refractivity contribution in [3.8, 4) is 0 Å². The number of likely N-dealkylation sites (N-methyl/N-ethyl adjacent to an activating group) is 1. The van der Waals surface area contributed by atoms with Gasteiger partial charge in [0.25, 0.3) is 0 Å². The van der Waals surface area contributed by atoms with Crippen molar-refractivity contribution in [2.45, 2.75) is 19.4 Å². The quantitative estimate of drug-likeness (QED) is 0.824. The molecule has 0 spiro atoms. The van der Waals surface area contributed by atoms with Crippen molar-refractivity contribution in [3.63, 3.8) is 0 Å². The maximum Gasteiger partial charge on any atom is 0.327 e. The summed E-state index contributed by atoms with van der Waals surface area (Å²) in [4.78, 5) is 11.4. The Balaban J connectivity index is 0.00000225. The van der Waals surface area contributed by atoms with Crippen molar-refractivity contribution >= 4 is 18.4 Å². The molecule has 0 amide bonds. The average Bonchev–Trinajstić information content (AvgIpc) is 2.30. The van der Waals surface area contributed by atoms with Crippen LogP contribution in [-0.2, 0) is 16.0 Å². The van der Waals surface area contributed by atoms with Gasteiger partial charge in [-0.1, -0.05) is 31.2 Å². The zero-order valence-electron chi connectivity index (χ0n) is 9.82. The summed E-state index contributed by atoms with van der Waals surface area (Å²) in [6.07, 6.45) is 1.00. The number of methoxy groups -OCH3 is 1. The molecule has 4 heteroatoms. The molecule has 90 valence electrons. The van der Waals surface area contributed by atoms with Crippen LogP contribution in [0.5, 0.6) is 0 Å². The highest BCUT2D eigenvalue weighted by Gasteiger charge is 2.18. The first-order valence-corrected chi connectivity index (χ1v) is 5.06. The lowest BCUT2D eigenvalue weighted by Crippen LogP contribution is -2.26. The molecule has 0 heterocycles. The molecule has 1 rings (SSSR count). The van der Waals surface area contributed by atoms with Crippen LogP contribution in [0.2, 0.25) is 0 Å². The molecule has 0 fully saturated rings. The van der Waals surface area contributed by atoms with Gasteiger partial charge in [-0.05, 0) is 24.6 Å². The number of halogens is 1. The summed E-state index contributed by atoms with van der Waals surface area (Å²) >= 11 is 0. The van der Waals surface area contributed by atoms with E-state index in [0.29, 0.717) is 0 Å². The lowest BCUT2D eigenvalue weighted by Gasteiger charge is -2.14. The standard InChI is InChI=1S/C12H17NO2.ClH/c1-4-9-5-7-10(8-6-9)11(13-2)12(14)15-3;/h5-8,11,13H,4H2,1-3H3;1H. The van der Waals surface area contributed by atoms with Crippen LogP contribution in [-0.4, -0.2) is 20.1 Å². The highest BCUT2D eigenvalue weighted by atomic mass is 35.5. The number of hydrogen-bond donors (Lipinski definition) is 1. The van der Waals surface area contributed by atoms with E-state index in [1.165, 1.54) is 12.7 Å². The predicted molar refractivity (Wildman–Crippen MR) is 66.9 cm³/mol. The number of esters is 1. The van der Waals surface area contributed by atoms with E-state index in [1.807, 2.05) is 24.3 Å². The average molecular weight is 244 g/mol. The molecule has 16 heavy (non-hydrogen) atoms. The van der Waals surface area contributed by atoms with Crippen molar-refractivity contribution in [2.75, 3.05) is 14.2 Å². The Kier molecular flexibility index (Phi) is 6.77. The van der Waals surface area contributed by atoms with Gasteiger partial charge < -0.3 is 10.1 Å². The molecule has 0 aromatic heterocycles. The van der Waals surface area contributed by atoms with Gasteiger partial charge in [0.1, 0.15) is 6.04 Å².